The molecule has 92 valence electrons. The summed E-state index contributed by atoms with van der Waals surface area (Å²) in [5.41, 5.74) is 0.897. The van der Waals surface area contributed by atoms with Crippen molar-refractivity contribution in [2.45, 2.75) is 6.92 Å². The van der Waals surface area contributed by atoms with Crippen molar-refractivity contribution in [3.8, 4) is 0 Å². The molecule has 0 N–H and O–H groups in total. The highest BCUT2D eigenvalue weighted by Gasteiger charge is 2.10. The van der Waals surface area contributed by atoms with Gasteiger partial charge in [0.2, 0.25) is 0 Å². The van der Waals surface area contributed by atoms with Crippen LogP contribution in [-0.4, -0.2) is 12.5 Å². The van der Waals surface area contributed by atoms with Crippen molar-refractivity contribution in [1.82, 2.24) is 0 Å². The third-order valence-electron chi connectivity index (χ3n) is 2.58. The van der Waals surface area contributed by atoms with Crippen LogP contribution in [0.15, 0.2) is 59.2 Å². The first-order chi connectivity index (χ1) is 8.81. The van der Waals surface area contributed by atoms with Gasteiger partial charge in [0.15, 0.2) is 0 Å². The van der Waals surface area contributed by atoms with Crippen LogP contribution in [0, 0.1) is 0 Å². The molecule has 0 saturated heterocycles. The molecule has 0 bridgehead atoms. The predicted molar refractivity (Wildman–Crippen MR) is 72.2 cm³/mol. The van der Waals surface area contributed by atoms with Gasteiger partial charge in [0.05, 0.1) is 6.26 Å². The number of benzene rings is 1. The molecule has 0 aliphatic heterocycles. The van der Waals surface area contributed by atoms with Crippen LogP contribution in [0.5, 0.6) is 0 Å². The largest absolute Gasteiger partial charge is 0.465 e. The Bertz CT molecular complexity index is 515. The maximum atomic E-state index is 12.1. The molecule has 0 saturated carbocycles. The molecule has 0 atom stereocenters. The highest BCUT2D eigenvalue weighted by Crippen LogP contribution is 2.14. The van der Waals surface area contributed by atoms with Crippen LogP contribution >= 0.6 is 0 Å². The van der Waals surface area contributed by atoms with Crippen molar-refractivity contribution in [2.75, 3.05) is 11.4 Å². The molecule has 1 amide bonds. The Morgan fingerprint density at radius 3 is 2.61 bits per heavy atom. The number of likely N-dealkylation sites (N-methyl/N-ethyl adjacent to an activating group) is 1. The summed E-state index contributed by atoms with van der Waals surface area (Å²) in [5.74, 6) is 0.618. The zero-order valence-corrected chi connectivity index (χ0v) is 10.2. The fourth-order valence-electron chi connectivity index (χ4n) is 1.70. The van der Waals surface area contributed by atoms with Crippen LogP contribution in [0.1, 0.15) is 12.7 Å². The second-order valence-corrected chi connectivity index (χ2v) is 3.77. The zero-order valence-electron chi connectivity index (χ0n) is 10.2. The number of rotatable bonds is 4. The number of para-hydroxylation sites is 1. The van der Waals surface area contributed by atoms with Crippen LogP contribution in [0.25, 0.3) is 6.08 Å². The van der Waals surface area contributed by atoms with Gasteiger partial charge in [0, 0.05) is 18.3 Å². The summed E-state index contributed by atoms with van der Waals surface area (Å²) in [5, 5.41) is 0. The maximum absolute atomic E-state index is 12.1. The van der Waals surface area contributed by atoms with Gasteiger partial charge in [-0.3, -0.25) is 4.79 Å². The van der Waals surface area contributed by atoms with Crippen LogP contribution < -0.4 is 4.90 Å². The number of hydrogen-bond donors (Lipinski definition) is 0. The summed E-state index contributed by atoms with van der Waals surface area (Å²) in [7, 11) is 0. The summed E-state index contributed by atoms with van der Waals surface area (Å²) in [4.78, 5) is 13.8. The number of nitrogens with zero attached hydrogens (tertiary/aromatic N) is 1. The first-order valence-corrected chi connectivity index (χ1v) is 5.89. The fourth-order valence-corrected chi connectivity index (χ4v) is 1.70. The molecule has 1 aromatic heterocycles. The van der Waals surface area contributed by atoms with E-state index in [1.165, 1.54) is 6.08 Å². The van der Waals surface area contributed by atoms with Gasteiger partial charge in [-0.1, -0.05) is 18.2 Å². The molecule has 0 aliphatic carbocycles. The first-order valence-electron chi connectivity index (χ1n) is 5.89. The molecule has 0 fully saturated rings. The van der Waals surface area contributed by atoms with Crippen LogP contribution in [0.4, 0.5) is 5.69 Å². The lowest BCUT2D eigenvalue weighted by Gasteiger charge is -2.18. The molecule has 0 aliphatic rings. The molecular formula is C15H15NO2. The molecule has 0 spiro atoms. The van der Waals surface area contributed by atoms with E-state index in [1.807, 2.05) is 43.3 Å². The van der Waals surface area contributed by atoms with Crippen LogP contribution in [-0.2, 0) is 4.79 Å². The van der Waals surface area contributed by atoms with E-state index in [1.54, 1.807) is 23.3 Å². The van der Waals surface area contributed by atoms with Gasteiger partial charge in [-0.15, -0.1) is 0 Å². The second kappa shape index (κ2) is 5.87. The lowest BCUT2D eigenvalue weighted by molar-refractivity contribution is -0.114. The SMILES string of the molecule is CCN(C(=O)/C=C/c1ccco1)c1ccccc1. The number of furan rings is 1. The highest BCUT2D eigenvalue weighted by molar-refractivity contribution is 6.03. The minimum Gasteiger partial charge on any atom is -0.465 e. The number of amides is 1. The topological polar surface area (TPSA) is 33.5 Å². The van der Waals surface area contributed by atoms with Gasteiger partial charge in [-0.25, -0.2) is 0 Å². The normalized spacial score (nSPS) is 10.7. The predicted octanol–water partition coefficient (Wildman–Crippen LogP) is 3.35. The van der Waals surface area contributed by atoms with Gasteiger partial charge in [-0.05, 0) is 37.3 Å². The van der Waals surface area contributed by atoms with E-state index < -0.39 is 0 Å². The second-order valence-electron chi connectivity index (χ2n) is 3.77. The third-order valence-corrected chi connectivity index (χ3v) is 2.58. The number of anilines is 1. The summed E-state index contributed by atoms with van der Waals surface area (Å²) in [6, 6.07) is 13.2. The van der Waals surface area contributed by atoms with Gasteiger partial charge in [0.25, 0.3) is 5.91 Å². The lowest BCUT2D eigenvalue weighted by Crippen LogP contribution is -2.28. The molecule has 1 aromatic carbocycles. The molecule has 1 heterocycles. The minimum atomic E-state index is -0.0555. The van der Waals surface area contributed by atoms with Crippen LogP contribution in [0.3, 0.4) is 0 Å². The van der Waals surface area contributed by atoms with Gasteiger partial charge in [-0.2, -0.15) is 0 Å². The standard InChI is InChI=1S/C15H15NO2/c1-2-16(13-7-4-3-5-8-13)15(17)11-10-14-9-6-12-18-14/h3-12H,2H2,1H3/b11-10+. The van der Waals surface area contributed by atoms with Gasteiger partial charge < -0.3 is 9.32 Å². The van der Waals surface area contributed by atoms with E-state index in [-0.39, 0.29) is 5.91 Å². The molecule has 3 heteroatoms. The highest BCUT2D eigenvalue weighted by atomic mass is 16.3. The molecule has 18 heavy (non-hydrogen) atoms. The quantitative estimate of drug-likeness (QED) is 0.769. The van der Waals surface area contributed by atoms with Crippen molar-refractivity contribution in [3.63, 3.8) is 0 Å². The average Bonchev–Trinajstić information content (AvgIpc) is 2.92. The fraction of sp³-hybridized carbons (Fsp3) is 0.133. The van der Waals surface area contributed by atoms with Gasteiger partial charge in [0.1, 0.15) is 5.76 Å². The van der Waals surface area contributed by atoms with Crippen molar-refractivity contribution in [1.29, 1.82) is 0 Å². The monoisotopic (exact) mass is 241 g/mol. The Balaban J connectivity index is 2.11. The molecule has 0 unspecified atom stereocenters. The Labute approximate surface area is 106 Å². The molecule has 3 nitrogen and oxygen atoms in total. The van der Waals surface area contributed by atoms with E-state index >= 15 is 0 Å². The summed E-state index contributed by atoms with van der Waals surface area (Å²) in [6.07, 6.45) is 4.78. The Hall–Kier alpha value is -2.29. The number of carbonyl (C=O) groups is 1. The Kier molecular flexibility index (Phi) is 3.97. The van der Waals surface area contributed by atoms with Crippen molar-refractivity contribution in [2.24, 2.45) is 0 Å². The lowest BCUT2D eigenvalue weighted by atomic mass is 10.2. The van der Waals surface area contributed by atoms with E-state index in [0.717, 1.165) is 5.69 Å². The van der Waals surface area contributed by atoms with Crippen molar-refractivity contribution < 1.29 is 9.21 Å². The van der Waals surface area contributed by atoms with E-state index in [4.69, 9.17) is 4.42 Å². The summed E-state index contributed by atoms with van der Waals surface area (Å²) in [6.45, 7) is 2.58. The van der Waals surface area contributed by atoms with E-state index in [9.17, 15) is 4.79 Å². The molecule has 0 radical (unpaired) electrons. The average molecular weight is 241 g/mol. The summed E-state index contributed by atoms with van der Waals surface area (Å²) < 4.78 is 5.15. The maximum Gasteiger partial charge on any atom is 0.251 e. The van der Waals surface area contributed by atoms with Crippen molar-refractivity contribution in [3.05, 3.63) is 60.6 Å². The Morgan fingerprint density at radius 2 is 2.00 bits per heavy atom. The van der Waals surface area contributed by atoms with E-state index in [2.05, 4.69) is 0 Å². The smallest absolute Gasteiger partial charge is 0.251 e. The number of hydrogen-bond acceptors (Lipinski definition) is 2. The Morgan fingerprint density at radius 1 is 1.22 bits per heavy atom. The molecular weight excluding hydrogens is 226 g/mol. The minimum absolute atomic E-state index is 0.0555. The third kappa shape index (κ3) is 2.88. The number of carbonyl (C=O) groups excluding carboxylic acids is 1. The van der Waals surface area contributed by atoms with Gasteiger partial charge >= 0.3 is 0 Å². The molecule has 2 rings (SSSR count). The zero-order chi connectivity index (χ0) is 12.8. The summed E-state index contributed by atoms with van der Waals surface area (Å²) >= 11 is 0. The first kappa shape index (κ1) is 12.2. The molecule has 2 aromatic rings. The van der Waals surface area contributed by atoms with E-state index in [0.29, 0.717) is 12.3 Å². The van der Waals surface area contributed by atoms with Crippen LogP contribution in [0.2, 0.25) is 0 Å². The van der Waals surface area contributed by atoms with Crippen molar-refractivity contribution >= 4 is 17.7 Å².